The van der Waals surface area contributed by atoms with Gasteiger partial charge in [0.25, 0.3) is 0 Å². The Morgan fingerprint density at radius 1 is 0.957 bits per heavy atom. The van der Waals surface area contributed by atoms with Gasteiger partial charge in [0.15, 0.2) is 11.5 Å². The van der Waals surface area contributed by atoms with E-state index in [4.69, 9.17) is 4.98 Å². The number of amides is 1. The molecule has 4 N–H and O–H groups in total. The maximum absolute atomic E-state index is 14.7. The maximum Gasteiger partial charge on any atom is 0.229 e. The first-order valence-corrected chi connectivity index (χ1v) is 15.3. The summed E-state index contributed by atoms with van der Waals surface area (Å²) in [7, 11) is 3.99. The number of aryl methyl sites for hydroxylation is 1. The van der Waals surface area contributed by atoms with Gasteiger partial charge in [-0.3, -0.25) is 14.9 Å². The number of nitrogens with one attached hydrogen (secondary N) is 4. The minimum Gasteiger partial charge on any atom is -0.384 e. The zero-order valence-electron chi connectivity index (χ0n) is 26.9. The molecule has 0 atom stereocenters. The first-order chi connectivity index (χ1) is 22.0. The summed E-state index contributed by atoms with van der Waals surface area (Å²) in [5, 5.41) is 14.7. The van der Waals surface area contributed by atoms with Crippen molar-refractivity contribution in [2.75, 3.05) is 37.8 Å². The van der Waals surface area contributed by atoms with E-state index in [0.29, 0.717) is 51.6 Å². The van der Waals surface area contributed by atoms with E-state index in [1.165, 1.54) is 12.1 Å². The summed E-state index contributed by atoms with van der Waals surface area (Å²) >= 11 is 0. The molecule has 6 rings (SSSR count). The highest BCUT2D eigenvalue weighted by Crippen LogP contribution is 2.34. The fraction of sp³-hybridized carbons (Fsp3) is 0.286. The summed E-state index contributed by atoms with van der Waals surface area (Å²) in [5.41, 5.74) is 7.79. The Hall–Kier alpha value is -5.16. The van der Waals surface area contributed by atoms with Crippen molar-refractivity contribution in [3.63, 3.8) is 0 Å². The molecule has 0 aliphatic carbocycles. The third-order valence-corrected chi connectivity index (χ3v) is 7.81. The molecule has 0 bridgehead atoms. The normalized spacial score (nSPS) is 11.9. The third-order valence-electron chi connectivity index (χ3n) is 7.81. The monoisotopic (exact) mass is 619 g/mol. The molecule has 0 radical (unpaired) electrons. The maximum atomic E-state index is 14.7. The standard InChI is InChI=1S/C35H38FN9O/c1-7-20-10-21(13-26(11-20)40-34(46)35(2,3)4)23-15-27-31(43-44-32(27)39-17-23)33-41-29-19-37-18-28(30(29)42-33)22-12-24(36)16-25(14-22)38-8-9-45(5)6/h10-19,38H,7-9H2,1-6H3,(H,40,46)(H,41,42)(H,39,43,44). The van der Waals surface area contributed by atoms with Crippen LogP contribution in [0, 0.1) is 11.2 Å². The number of fused-ring (bicyclic) bond motifs is 2. The Bertz CT molecular complexity index is 2060. The highest BCUT2D eigenvalue weighted by atomic mass is 19.1. The summed E-state index contributed by atoms with van der Waals surface area (Å²) in [6.07, 6.45) is 6.00. The van der Waals surface area contributed by atoms with Gasteiger partial charge in [-0.2, -0.15) is 5.10 Å². The molecular weight excluding hydrogens is 581 g/mol. The largest absolute Gasteiger partial charge is 0.384 e. The number of carbonyl (C=O) groups excluding carboxylic acids is 1. The Labute approximate surface area is 266 Å². The van der Waals surface area contributed by atoms with Gasteiger partial charge in [0.05, 0.1) is 22.6 Å². The van der Waals surface area contributed by atoms with Crippen LogP contribution in [-0.2, 0) is 11.2 Å². The van der Waals surface area contributed by atoms with E-state index in [1.54, 1.807) is 18.6 Å². The zero-order valence-corrected chi connectivity index (χ0v) is 26.9. The Balaban J connectivity index is 1.37. The number of aromatic amines is 2. The molecule has 10 nitrogen and oxygen atoms in total. The minimum atomic E-state index is -0.518. The van der Waals surface area contributed by atoms with Crippen molar-refractivity contribution in [2.45, 2.75) is 34.1 Å². The van der Waals surface area contributed by atoms with Gasteiger partial charge in [0.2, 0.25) is 5.91 Å². The SMILES string of the molecule is CCc1cc(NC(=O)C(C)(C)C)cc(-c2cnc3n[nH]c(-c4nc5c(-c6cc(F)cc(NCCN(C)C)c6)cncc5[nH]4)c3c2)c1. The number of aromatic nitrogens is 6. The number of rotatable bonds is 9. The molecule has 0 fully saturated rings. The minimum absolute atomic E-state index is 0.0498. The summed E-state index contributed by atoms with van der Waals surface area (Å²) < 4.78 is 14.7. The van der Waals surface area contributed by atoms with Gasteiger partial charge >= 0.3 is 0 Å². The van der Waals surface area contributed by atoms with Crippen LogP contribution in [0.15, 0.2) is 61.1 Å². The molecule has 0 saturated heterocycles. The Kier molecular flexibility index (Phi) is 8.26. The van der Waals surface area contributed by atoms with Crippen molar-refractivity contribution in [1.82, 2.24) is 35.0 Å². The number of halogens is 1. The number of carbonyl (C=O) groups is 1. The van der Waals surface area contributed by atoms with Gasteiger partial charge in [-0.25, -0.2) is 14.4 Å². The molecule has 4 aromatic heterocycles. The number of nitrogens with zero attached hydrogens (tertiary/aromatic N) is 5. The molecule has 11 heteroatoms. The van der Waals surface area contributed by atoms with Gasteiger partial charge in [-0.05, 0) is 73.6 Å². The van der Waals surface area contributed by atoms with E-state index < -0.39 is 5.41 Å². The van der Waals surface area contributed by atoms with Crippen molar-refractivity contribution in [2.24, 2.45) is 5.41 Å². The number of benzene rings is 2. The Morgan fingerprint density at radius 3 is 2.52 bits per heavy atom. The number of H-pyrrole nitrogens is 2. The molecule has 0 spiro atoms. The molecule has 236 valence electrons. The average molecular weight is 620 g/mol. The van der Waals surface area contributed by atoms with Crippen molar-refractivity contribution >= 4 is 39.3 Å². The van der Waals surface area contributed by atoms with Crippen LogP contribution in [-0.4, -0.2) is 68.1 Å². The fourth-order valence-corrected chi connectivity index (χ4v) is 5.23. The number of anilines is 2. The van der Waals surface area contributed by atoms with Gasteiger partial charge in [0, 0.05) is 53.4 Å². The molecule has 46 heavy (non-hydrogen) atoms. The van der Waals surface area contributed by atoms with Crippen molar-refractivity contribution in [1.29, 1.82) is 0 Å². The van der Waals surface area contributed by atoms with Crippen LogP contribution in [0.25, 0.3) is 55.8 Å². The van der Waals surface area contributed by atoms with Crippen LogP contribution in [0.5, 0.6) is 0 Å². The highest BCUT2D eigenvalue weighted by molar-refractivity contribution is 5.98. The molecular formula is C35H38FN9O. The predicted octanol–water partition coefficient (Wildman–Crippen LogP) is 6.89. The number of hydrogen-bond acceptors (Lipinski definition) is 7. The lowest BCUT2D eigenvalue weighted by Gasteiger charge is -2.18. The van der Waals surface area contributed by atoms with Gasteiger partial charge in [-0.1, -0.05) is 33.8 Å². The van der Waals surface area contributed by atoms with Crippen LogP contribution in [0.4, 0.5) is 15.8 Å². The lowest BCUT2D eigenvalue weighted by atomic mass is 9.95. The van der Waals surface area contributed by atoms with Crippen molar-refractivity contribution < 1.29 is 9.18 Å². The van der Waals surface area contributed by atoms with Crippen molar-refractivity contribution in [3.05, 3.63) is 72.4 Å². The number of hydrogen-bond donors (Lipinski definition) is 4. The zero-order chi connectivity index (χ0) is 32.6. The summed E-state index contributed by atoms with van der Waals surface area (Å²) in [6, 6.07) is 13.0. The number of imidazole rings is 1. The van der Waals surface area contributed by atoms with Crippen LogP contribution in [0.1, 0.15) is 33.3 Å². The third kappa shape index (κ3) is 6.45. The van der Waals surface area contributed by atoms with E-state index >= 15 is 0 Å². The smallest absolute Gasteiger partial charge is 0.229 e. The summed E-state index contributed by atoms with van der Waals surface area (Å²) in [5.74, 6) is 0.169. The molecule has 0 saturated carbocycles. The molecule has 2 aromatic carbocycles. The number of pyridine rings is 2. The molecule has 1 amide bonds. The lowest BCUT2D eigenvalue weighted by Crippen LogP contribution is -2.27. The summed E-state index contributed by atoms with van der Waals surface area (Å²) in [4.78, 5) is 32.1. The average Bonchev–Trinajstić information content (AvgIpc) is 3.63. The van der Waals surface area contributed by atoms with Crippen LogP contribution in [0.3, 0.4) is 0 Å². The van der Waals surface area contributed by atoms with E-state index in [1.807, 2.05) is 59.1 Å². The second kappa shape index (κ2) is 12.3. The highest BCUT2D eigenvalue weighted by Gasteiger charge is 2.22. The second-order valence-corrected chi connectivity index (χ2v) is 12.8. The van der Waals surface area contributed by atoms with E-state index in [9.17, 15) is 9.18 Å². The van der Waals surface area contributed by atoms with Gasteiger partial charge < -0.3 is 20.5 Å². The molecule has 0 aliphatic rings. The molecule has 4 heterocycles. The second-order valence-electron chi connectivity index (χ2n) is 12.8. The summed E-state index contributed by atoms with van der Waals surface area (Å²) in [6.45, 7) is 9.26. The quantitative estimate of drug-likeness (QED) is 0.139. The number of likely N-dealkylation sites (N-methyl/N-ethyl adjacent to an activating group) is 1. The van der Waals surface area contributed by atoms with Crippen LogP contribution >= 0.6 is 0 Å². The fourth-order valence-electron chi connectivity index (χ4n) is 5.23. The topological polar surface area (TPSA) is 128 Å². The predicted molar refractivity (Wildman–Crippen MR) is 182 cm³/mol. The molecule has 0 aliphatic heterocycles. The van der Waals surface area contributed by atoms with Crippen LogP contribution < -0.4 is 10.6 Å². The van der Waals surface area contributed by atoms with Crippen LogP contribution in [0.2, 0.25) is 0 Å². The van der Waals surface area contributed by atoms with E-state index in [0.717, 1.165) is 40.7 Å². The first-order valence-electron chi connectivity index (χ1n) is 15.3. The lowest BCUT2D eigenvalue weighted by molar-refractivity contribution is -0.123. The molecule has 6 aromatic rings. The van der Waals surface area contributed by atoms with E-state index in [-0.39, 0.29) is 11.7 Å². The molecule has 0 unspecified atom stereocenters. The van der Waals surface area contributed by atoms with Crippen molar-refractivity contribution in [3.8, 4) is 33.8 Å². The van der Waals surface area contributed by atoms with E-state index in [2.05, 4.69) is 53.7 Å². The van der Waals surface area contributed by atoms with Gasteiger partial charge in [0.1, 0.15) is 11.5 Å². The Morgan fingerprint density at radius 2 is 1.76 bits per heavy atom. The first kappa shape index (κ1) is 30.8. The van der Waals surface area contributed by atoms with Gasteiger partial charge in [-0.15, -0.1) is 0 Å².